The fourth-order valence-electron chi connectivity index (χ4n) is 1.58. The molecule has 3 N–H and O–H groups in total. The Morgan fingerprint density at radius 1 is 1.12 bits per heavy atom. The van der Waals surface area contributed by atoms with E-state index in [9.17, 15) is 0 Å². The van der Waals surface area contributed by atoms with Crippen LogP contribution in [-0.2, 0) is 6.54 Å². The summed E-state index contributed by atoms with van der Waals surface area (Å²) in [5.74, 6) is 0. The third kappa shape index (κ3) is 3.17. The van der Waals surface area contributed by atoms with Crippen molar-refractivity contribution in [1.29, 1.82) is 0 Å². The highest BCUT2D eigenvalue weighted by atomic mass is 32.1. The first-order valence-corrected chi connectivity index (χ1v) is 6.28. The maximum absolute atomic E-state index is 6.08. The van der Waals surface area contributed by atoms with Crippen LogP contribution < -0.4 is 11.1 Å². The van der Waals surface area contributed by atoms with Gasteiger partial charge in [-0.2, -0.15) is 0 Å². The average Bonchev–Trinajstić information content (AvgIpc) is 2.83. The van der Waals surface area contributed by atoms with E-state index in [-0.39, 0.29) is 6.04 Å². The second kappa shape index (κ2) is 5.80. The highest BCUT2D eigenvalue weighted by molar-refractivity contribution is 7.09. The number of hydrogen-bond acceptors (Lipinski definition) is 3. The maximum Gasteiger partial charge on any atom is 0.0421 e. The summed E-state index contributed by atoms with van der Waals surface area (Å²) < 4.78 is 0. The van der Waals surface area contributed by atoms with E-state index in [2.05, 4.69) is 35.0 Å². The summed E-state index contributed by atoms with van der Waals surface area (Å²) in [6.45, 7) is 1.71. The molecule has 0 fully saturated rings. The van der Waals surface area contributed by atoms with Crippen LogP contribution in [0.5, 0.6) is 0 Å². The lowest BCUT2D eigenvalue weighted by Crippen LogP contribution is -2.26. The predicted molar refractivity (Wildman–Crippen MR) is 69.4 cm³/mol. The van der Waals surface area contributed by atoms with E-state index in [1.807, 2.05) is 18.2 Å². The lowest BCUT2D eigenvalue weighted by atomic mass is 10.1. The summed E-state index contributed by atoms with van der Waals surface area (Å²) in [5.41, 5.74) is 7.26. The van der Waals surface area contributed by atoms with E-state index in [1.165, 1.54) is 10.4 Å². The second-order valence-electron chi connectivity index (χ2n) is 3.73. The molecule has 1 atom stereocenters. The molecule has 0 aliphatic heterocycles. The van der Waals surface area contributed by atoms with Gasteiger partial charge in [0.1, 0.15) is 0 Å². The quantitative estimate of drug-likeness (QED) is 0.831. The average molecular weight is 232 g/mol. The van der Waals surface area contributed by atoms with Gasteiger partial charge >= 0.3 is 0 Å². The number of benzene rings is 1. The molecule has 1 aromatic carbocycles. The van der Waals surface area contributed by atoms with Crippen molar-refractivity contribution >= 4 is 11.3 Å². The van der Waals surface area contributed by atoms with Crippen LogP contribution in [0, 0.1) is 0 Å². The summed E-state index contributed by atoms with van der Waals surface area (Å²) in [5, 5.41) is 5.46. The first-order chi connectivity index (χ1) is 7.86. The Bertz CT molecular complexity index is 397. The normalized spacial score (nSPS) is 12.6. The fraction of sp³-hybridized carbons (Fsp3) is 0.231. The highest BCUT2D eigenvalue weighted by Gasteiger charge is 2.04. The molecule has 2 rings (SSSR count). The van der Waals surface area contributed by atoms with Crippen LogP contribution in [0.1, 0.15) is 16.5 Å². The molecule has 0 radical (unpaired) electrons. The van der Waals surface area contributed by atoms with E-state index in [0.717, 1.165) is 13.1 Å². The molecule has 0 amide bonds. The van der Waals surface area contributed by atoms with E-state index < -0.39 is 0 Å². The topological polar surface area (TPSA) is 38.0 Å². The van der Waals surface area contributed by atoms with Gasteiger partial charge in [0.05, 0.1) is 0 Å². The lowest BCUT2D eigenvalue weighted by molar-refractivity contribution is 0.601. The van der Waals surface area contributed by atoms with Gasteiger partial charge in [-0.05, 0) is 17.0 Å². The van der Waals surface area contributed by atoms with Gasteiger partial charge in [-0.15, -0.1) is 11.3 Å². The Balaban J connectivity index is 1.78. The molecule has 1 heterocycles. The summed E-state index contributed by atoms with van der Waals surface area (Å²) in [6, 6.07) is 14.5. The van der Waals surface area contributed by atoms with Crippen LogP contribution in [0.4, 0.5) is 0 Å². The highest BCUT2D eigenvalue weighted by Crippen LogP contribution is 2.10. The zero-order valence-corrected chi connectivity index (χ0v) is 9.91. The Morgan fingerprint density at radius 2 is 1.94 bits per heavy atom. The second-order valence-corrected chi connectivity index (χ2v) is 4.76. The molecule has 0 aliphatic rings. The van der Waals surface area contributed by atoms with Gasteiger partial charge in [-0.1, -0.05) is 36.4 Å². The SMILES string of the molecule is N[C@H](CNCc1cccs1)c1ccccc1. The van der Waals surface area contributed by atoms with E-state index in [0.29, 0.717) is 0 Å². The number of hydrogen-bond donors (Lipinski definition) is 2. The van der Waals surface area contributed by atoms with Gasteiger partial charge in [0.2, 0.25) is 0 Å². The van der Waals surface area contributed by atoms with Gasteiger partial charge in [0, 0.05) is 24.0 Å². The van der Waals surface area contributed by atoms with Crippen molar-refractivity contribution in [2.45, 2.75) is 12.6 Å². The van der Waals surface area contributed by atoms with Crippen LogP contribution in [0.15, 0.2) is 47.8 Å². The summed E-state index contributed by atoms with van der Waals surface area (Å²) in [6.07, 6.45) is 0. The zero-order valence-electron chi connectivity index (χ0n) is 9.10. The van der Waals surface area contributed by atoms with Crippen molar-refractivity contribution in [3.8, 4) is 0 Å². The van der Waals surface area contributed by atoms with E-state index in [1.54, 1.807) is 11.3 Å². The largest absolute Gasteiger partial charge is 0.323 e. The molecular formula is C13H16N2S. The molecule has 2 nitrogen and oxygen atoms in total. The maximum atomic E-state index is 6.08. The van der Waals surface area contributed by atoms with Gasteiger partial charge in [-0.25, -0.2) is 0 Å². The molecular weight excluding hydrogens is 216 g/mol. The molecule has 0 unspecified atom stereocenters. The van der Waals surface area contributed by atoms with Crippen molar-refractivity contribution in [3.63, 3.8) is 0 Å². The number of rotatable bonds is 5. The molecule has 0 bridgehead atoms. The van der Waals surface area contributed by atoms with Crippen LogP contribution in [-0.4, -0.2) is 6.54 Å². The Hall–Kier alpha value is -1.16. The van der Waals surface area contributed by atoms with Crippen molar-refractivity contribution in [3.05, 3.63) is 58.3 Å². The van der Waals surface area contributed by atoms with Crippen molar-refractivity contribution in [1.82, 2.24) is 5.32 Å². The first kappa shape index (κ1) is 11.3. The van der Waals surface area contributed by atoms with E-state index in [4.69, 9.17) is 5.73 Å². The van der Waals surface area contributed by atoms with Crippen molar-refractivity contribution < 1.29 is 0 Å². The van der Waals surface area contributed by atoms with Crippen LogP contribution in [0.3, 0.4) is 0 Å². The Morgan fingerprint density at radius 3 is 2.62 bits per heavy atom. The number of thiophene rings is 1. The zero-order chi connectivity index (χ0) is 11.2. The predicted octanol–water partition coefficient (Wildman–Crippen LogP) is 2.54. The van der Waals surface area contributed by atoms with E-state index >= 15 is 0 Å². The Labute approximate surface area is 100 Å². The van der Waals surface area contributed by atoms with Gasteiger partial charge in [-0.3, -0.25) is 0 Å². The third-order valence-electron chi connectivity index (χ3n) is 2.47. The van der Waals surface area contributed by atoms with Crippen molar-refractivity contribution in [2.75, 3.05) is 6.54 Å². The third-order valence-corrected chi connectivity index (χ3v) is 3.35. The molecule has 1 aromatic heterocycles. The van der Waals surface area contributed by atoms with Gasteiger partial charge < -0.3 is 11.1 Å². The van der Waals surface area contributed by atoms with Crippen LogP contribution in [0.2, 0.25) is 0 Å². The van der Waals surface area contributed by atoms with Gasteiger partial charge in [0.15, 0.2) is 0 Å². The molecule has 0 spiro atoms. The monoisotopic (exact) mass is 232 g/mol. The minimum absolute atomic E-state index is 0.0705. The minimum Gasteiger partial charge on any atom is -0.323 e. The van der Waals surface area contributed by atoms with Crippen LogP contribution in [0.25, 0.3) is 0 Å². The molecule has 2 aromatic rings. The molecule has 0 aliphatic carbocycles. The number of nitrogens with one attached hydrogen (secondary N) is 1. The number of nitrogens with two attached hydrogens (primary N) is 1. The first-order valence-electron chi connectivity index (χ1n) is 5.40. The van der Waals surface area contributed by atoms with Crippen LogP contribution >= 0.6 is 11.3 Å². The molecule has 0 saturated heterocycles. The smallest absolute Gasteiger partial charge is 0.0421 e. The van der Waals surface area contributed by atoms with Crippen molar-refractivity contribution in [2.24, 2.45) is 5.73 Å². The molecule has 0 saturated carbocycles. The van der Waals surface area contributed by atoms with Gasteiger partial charge in [0.25, 0.3) is 0 Å². The molecule has 16 heavy (non-hydrogen) atoms. The Kier molecular flexibility index (Phi) is 4.10. The standard InChI is InChI=1S/C13H16N2S/c14-13(11-5-2-1-3-6-11)10-15-9-12-7-4-8-16-12/h1-8,13,15H,9-10,14H2/t13-/m1/s1. The molecule has 3 heteroatoms. The fourth-order valence-corrected chi connectivity index (χ4v) is 2.26. The summed E-state index contributed by atoms with van der Waals surface area (Å²) in [4.78, 5) is 1.35. The minimum atomic E-state index is 0.0705. The lowest BCUT2D eigenvalue weighted by Gasteiger charge is -2.12. The molecule has 84 valence electrons. The summed E-state index contributed by atoms with van der Waals surface area (Å²) >= 11 is 1.77. The summed E-state index contributed by atoms with van der Waals surface area (Å²) in [7, 11) is 0.